The smallest absolute Gasteiger partial charge is 0.265 e. The summed E-state index contributed by atoms with van der Waals surface area (Å²) in [5.74, 6) is -0.419. The Morgan fingerprint density at radius 3 is 2.68 bits per heavy atom. The Morgan fingerprint density at radius 2 is 2.12 bits per heavy atom. The number of anilines is 1. The molecule has 134 valence electrons. The van der Waals surface area contributed by atoms with Gasteiger partial charge in [0.2, 0.25) is 0 Å². The molecule has 1 aromatic carbocycles. The fraction of sp³-hybridized carbons (Fsp3) is 0.294. The molecule has 2 aromatic rings. The Bertz CT molecular complexity index is 822. The number of carbonyl (C=O) groups excluding carboxylic acids is 2. The van der Waals surface area contributed by atoms with E-state index < -0.39 is 12.0 Å². The van der Waals surface area contributed by atoms with Crippen LogP contribution in [0.25, 0.3) is 0 Å². The van der Waals surface area contributed by atoms with Gasteiger partial charge in [-0.1, -0.05) is 18.5 Å². The lowest BCUT2D eigenvalue weighted by molar-refractivity contribution is -0.122. The number of aryl methyl sites for hydroxylation is 1. The molecule has 5 nitrogen and oxygen atoms in total. The van der Waals surface area contributed by atoms with Crippen LogP contribution in [0.4, 0.5) is 5.00 Å². The number of amides is 2. The summed E-state index contributed by atoms with van der Waals surface area (Å²) in [5, 5.41) is 3.77. The zero-order valence-corrected chi connectivity index (χ0v) is 17.1. The van der Waals surface area contributed by atoms with Gasteiger partial charge in [-0.2, -0.15) is 0 Å². The molecular formula is C17H18BrClN2O3S. The van der Waals surface area contributed by atoms with Gasteiger partial charge in [-0.3, -0.25) is 9.59 Å². The summed E-state index contributed by atoms with van der Waals surface area (Å²) >= 11 is 10.6. The summed E-state index contributed by atoms with van der Waals surface area (Å²) in [6.45, 7) is 5.47. The lowest BCUT2D eigenvalue weighted by Gasteiger charge is -2.16. The summed E-state index contributed by atoms with van der Waals surface area (Å²) < 4.78 is 6.32. The van der Waals surface area contributed by atoms with Crippen LogP contribution in [0.2, 0.25) is 5.02 Å². The van der Waals surface area contributed by atoms with Crippen molar-refractivity contribution in [3.63, 3.8) is 0 Å². The molecule has 0 aliphatic carbocycles. The van der Waals surface area contributed by atoms with E-state index in [2.05, 4.69) is 21.2 Å². The Morgan fingerprint density at radius 1 is 1.44 bits per heavy atom. The van der Waals surface area contributed by atoms with Gasteiger partial charge in [-0.25, -0.2) is 0 Å². The van der Waals surface area contributed by atoms with E-state index in [1.54, 1.807) is 25.1 Å². The second-order valence-electron chi connectivity index (χ2n) is 5.38. The largest absolute Gasteiger partial charge is 0.480 e. The maximum absolute atomic E-state index is 12.5. The van der Waals surface area contributed by atoms with Gasteiger partial charge < -0.3 is 15.8 Å². The minimum absolute atomic E-state index is 0.367. The molecule has 1 aromatic heterocycles. The van der Waals surface area contributed by atoms with Crippen molar-refractivity contribution in [2.75, 3.05) is 5.32 Å². The highest BCUT2D eigenvalue weighted by Gasteiger charge is 2.23. The Balaban J connectivity index is 2.18. The Kier molecular flexibility index (Phi) is 6.48. The standard InChI is InChI=1S/C17H18BrClN2O3S/c1-4-11-9(3)25-17(14(11)15(20)22)21-16(23)8(2)24-13-6-5-10(19)7-12(13)18/h5-8H,4H2,1-3H3,(H2,20,22)(H,21,23). The third-order valence-corrected chi connectivity index (χ3v) is 5.53. The maximum atomic E-state index is 12.5. The Labute approximate surface area is 163 Å². The molecule has 0 aliphatic heterocycles. The first-order valence-electron chi connectivity index (χ1n) is 7.59. The molecule has 25 heavy (non-hydrogen) atoms. The number of halogens is 2. The molecule has 2 amide bonds. The molecule has 0 spiro atoms. The van der Waals surface area contributed by atoms with Gasteiger partial charge in [0, 0.05) is 9.90 Å². The van der Waals surface area contributed by atoms with E-state index in [-0.39, 0.29) is 5.91 Å². The van der Waals surface area contributed by atoms with E-state index >= 15 is 0 Å². The van der Waals surface area contributed by atoms with Crippen LogP contribution in [0, 0.1) is 6.92 Å². The summed E-state index contributed by atoms with van der Waals surface area (Å²) in [6.07, 6.45) is -0.106. The molecule has 3 N–H and O–H groups in total. The first-order valence-corrected chi connectivity index (χ1v) is 9.58. The average Bonchev–Trinajstić information content (AvgIpc) is 2.85. The number of hydrogen-bond acceptors (Lipinski definition) is 4. The van der Waals surface area contributed by atoms with Gasteiger partial charge in [-0.05, 0) is 60.0 Å². The maximum Gasteiger partial charge on any atom is 0.265 e. The highest BCUT2D eigenvalue weighted by Crippen LogP contribution is 2.33. The van der Waals surface area contributed by atoms with E-state index in [1.165, 1.54) is 11.3 Å². The number of primary amides is 1. The molecule has 1 atom stereocenters. The van der Waals surface area contributed by atoms with Crippen LogP contribution in [0.5, 0.6) is 5.75 Å². The zero-order chi connectivity index (χ0) is 18.7. The van der Waals surface area contributed by atoms with E-state index in [1.807, 2.05) is 13.8 Å². The van der Waals surface area contributed by atoms with Crippen molar-refractivity contribution < 1.29 is 14.3 Å². The normalized spacial score (nSPS) is 11.9. The van der Waals surface area contributed by atoms with Gasteiger partial charge in [0.1, 0.15) is 10.8 Å². The summed E-state index contributed by atoms with van der Waals surface area (Å²) in [4.78, 5) is 25.2. The lowest BCUT2D eigenvalue weighted by atomic mass is 10.1. The Hall–Kier alpha value is -1.57. The van der Waals surface area contributed by atoms with Crippen molar-refractivity contribution in [1.29, 1.82) is 0 Å². The predicted molar refractivity (Wildman–Crippen MR) is 105 cm³/mol. The van der Waals surface area contributed by atoms with Gasteiger partial charge in [0.05, 0.1) is 10.0 Å². The van der Waals surface area contributed by atoms with Crippen LogP contribution < -0.4 is 15.8 Å². The number of benzene rings is 1. The zero-order valence-electron chi connectivity index (χ0n) is 14.0. The van der Waals surface area contributed by atoms with Crippen molar-refractivity contribution in [3.05, 3.63) is 43.7 Å². The fourth-order valence-electron chi connectivity index (χ4n) is 2.38. The van der Waals surface area contributed by atoms with E-state index in [0.29, 0.717) is 32.2 Å². The molecule has 2 rings (SSSR count). The SMILES string of the molecule is CCc1c(C)sc(NC(=O)C(C)Oc2ccc(Cl)cc2Br)c1C(N)=O. The minimum atomic E-state index is -0.773. The van der Waals surface area contributed by atoms with Gasteiger partial charge in [0.15, 0.2) is 6.10 Å². The monoisotopic (exact) mass is 444 g/mol. The molecule has 1 unspecified atom stereocenters. The van der Waals surface area contributed by atoms with Crippen LogP contribution in [0.1, 0.15) is 34.6 Å². The van der Waals surface area contributed by atoms with Gasteiger partial charge in [-0.15, -0.1) is 11.3 Å². The first kappa shape index (κ1) is 19.8. The highest BCUT2D eigenvalue weighted by atomic mass is 79.9. The van der Waals surface area contributed by atoms with Crippen molar-refractivity contribution >= 4 is 55.7 Å². The average molecular weight is 446 g/mol. The predicted octanol–water partition coefficient (Wildman–Crippen LogP) is 4.54. The van der Waals surface area contributed by atoms with E-state index in [0.717, 1.165) is 10.4 Å². The van der Waals surface area contributed by atoms with Crippen molar-refractivity contribution in [3.8, 4) is 5.75 Å². The van der Waals surface area contributed by atoms with Gasteiger partial charge in [0.25, 0.3) is 11.8 Å². The minimum Gasteiger partial charge on any atom is -0.480 e. The van der Waals surface area contributed by atoms with Crippen molar-refractivity contribution in [2.45, 2.75) is 33.3 Å². The molecule has 0 fully saturated rings. The van der Waals surface area contributed by atoms with E-state index in [4.69, 9.17) is 22.1 Å². The van der Waals surface area contributed by atoms with Crippen LogP contribution in [-0.4, -0.2) is 17.9 Å². The van der Waals surface area contributed by atoms with Crippen LogP contribution in [0.15, 0.2) is 22.7 Å². The summed E-state index contributed by atoms with van der Waals surface area (Å²) in [5.41, 5.74) is 6.72. The number of rotatable bonds is 6. The molecular weight excluding hydrogens is 428 g/mol. The molecule has 8 heteroatoms. The topological polar surface area (TPSA) is 81.4 Å². The number of ether oxygens (including phenoxy) is 1. The molecule has 0 aliphatic rings. The lowest BCUT2D eigenvalue weighted by Crippen LogP contribution is -2.30. The molecule has 0 radical (unpaired) electrons. The first-order chi connectivity index (χ1) is 11.7. The number of thiophene rings is 1. The number of nitrogens with two attached hydrogens (primary N) is 1. The highest BCUT2D eigenvalue weighted by molar-refractivity contribution is 9.10. The second kappa shape index (κ2) is 8.21. The second-order valence-corrected chi connectivity index (χ2v) is 7.90. The molecule has 1 heterocycles. The third kappa shape index (κ3) is 4.54. The van der Waals surface area contributed by atoms with Crippen LogP contribution >= 0.6 is 38.9 Å². The summed E-state index contributed by atoms with van der Waals surface area (Å²) in [6, 6.07) is 5.03. The number of hydrogen-bond donors (Lipinski definition) is 2. The van der Waals surface area contributed by atoms with E-state index in [9.17, 15) is 9.59 Å². The van der Waals surface area contributed by atoms with Crippen molar-refractivity contribution in [2.24, 2.45) is 5.73 Å². The third-order valence-electron chi connectivity index (χ3n) is 3.61. The fourth-order valence-corrected chi connectivity index (χ4v) is 4.31. The number of nitrogens with one attached hydrogen (secondary N) is 1. The molecule has 0 saturated carbocycles. The van der Waals surface area contributed by atoms with Crippen molar-refractivity contribution in [1.82, 2.24) is 0 Å². The van der Waals surface area contributed by atoms with Crippen LogP contribution in [-0.2, 0) is 11.2 Å². The quantitative estimate of drug-likeness (QED) is 0.685. The van der Waals surface area contributed by atoms with Gasteiger partial charge >= 0.3 is 0 Å². The molecule has 0 bridgehead atoms. The molecule has 0 saturated heterocycles. The number of carbonyl (C=O) groups is 2. The summed E-state index contributed by atoms with van der Waals surface area (Å²) in [7, 11) is 0. The van der Waals surface area contributed by atoms with Crippen LogP contribution in [0.3, 0.4) is 0 Å².